The van der Waals surface area contributed by atoms with Crippen molar-refractivity contribution in [2.24, 2.45) is 11.7 Å². The van der Waals surface area contributed by atoms with Crippen LogP contribution in [0.25, 0.3) is 0 Å². The molecule has 0 amide bonds. The number of benzene rings is 1. The first-order valence-corrected chi connectivity index (χ1v) is 5.18. The predicted octanol–water partition coefficient (Wildman–Crippen LogP) is 2.83. The Labute approximate surface area is 85.8 Å². The van der Waals surface area contributed by atoms with Crippen molar-refractivity contribution in [2.75, 3.05) is 0 Å². The van der Waals surface area contributed by atoms with Gasteiger partial charge in [0.05, 0.1) is 0 Å². The molecule has 0 saturated carbocycles. The van der Waals surface area contributed by atoms with Gasteiger partial charge in [-0.25, -0.2) is 0 Å². The summed E-state index contributed by atoms with van der Waals surface area (Å²) in [6.45, 7) is 4.38. The largest absolute Gasteiger partial charge is 0.508 e. The number of phenols is 1. The van der Waals surface area contributed by atoms with Crippen LogP contribution in [0.2, 0.25) is 0 Å². The maximum atomic E-state index is 9.13. The van der Waals surface area contributed by atoms with Gasteiger partial charge < -0.3 is 10.8 Å². The first-order chi connectivity index (χ1) is 6.63. The SMILES string of the molecule is CCC(C)C[C@H](N)c1ccc(O)cc1. The van der Waals surface area contributed by atoms with Gasteiger partial charge in [0.1, 0.15) is 5.75 Å². The minimum absolute atomic E-state index is 0.0885. The average molecular weight is 193 g/mol. The molecule has 3 N–H and O–H groups in total. The van der Waals surface area contributed by atoms with Crippen molar-refractivity contribution in [1.29, 1.82) is 0 Å². The third kappa shape index (κ3) is 3.04. The average Bonchev–Trinajstić information content (AvgIpc) is 2.18. The highest BCUT2D eigenvalue weighted by Crippen LogP contribution is 2.22. The van der Waals surface area contributed by atoms with Crippen LogP contribution in [-0.4, -0.2) is 5.11 Å². The zero-order valence-electron chi connectivity index (χ0n) is 8.90. The molecule has 78 valence electrons. The lowest BCUT2D eigenvalue weighted by Gasteiger charge is -2.16. The van der Waals surface area contributed by atoms with Crippen molar-refractivity contribution >= 4 is 0 Å². The molecule has 0 aliphatic carbocycles. The lowest BCUT2D eigenvalue weighted by Crippen LogP contribution is -2.13. The van der Waals surface area contributed by atoms with Crippen LogP contribution in [0.4, 0.5) is 0 Å². The molecular formula is C12H19NO. The lowest BCUT2D eigenvalue weighted by atomic mass is 9.95. The van der Waals surface area contributed by atoms with E-state index in [9.17, 15) is 0 Å². The Bertz CT molecular complexity index is 268. The fourth-order valence-corrected chi connectivity index (χ4v) is 1.46. The van der Waals surface area contributed by atoms with Crippen LogP contribution in [-0.2, 0) is 0 Å². The topological polar surface area (TPSA) is 46.2 Å². The molecular weight excluding hydrogens is 174 g/mol. The molecule has 14 heavy (non-hydrogen) atoms. The highest BCUT2D eigenvalue weighted by Gasteiger charge is 2.09. The van der Waals surface area contributed by atoms with Crippen molar-refractivity contribution in [3.05, 3.63) is 29.8 Å². The van der Waals surface area contributed by atoms with E-state index in [4.69, 9.17) is 10.8 Å². The third-order valence-corrected chi connectivity index (χ3v) is 2.67. The number of aromatic hydroxyl groups is 1. The summed E-state index contributed by atoms with van der Waals surface area (Å²) in [4.78, 5) is 0. The Morgan fingerprint density at radius 2 is 1.86 bits per heavy atom. The maximum absolute atomic E-state index is 9.13. The number of hydrogen-bond donors (Lipinski definition) is 2. The van der Waals surface area contributed by atoms with Crippen molar-refractivity contribution in [1.82, 2.24) is 0 Å². The summed E-state index contributed by atoms with van der Waals surface area (Å²) >= 11 is 0. The smallest absolute Gasteiger partial charge is 0.115 e. The van der Waals surface area contributed by atoms with Gasteiger partial charge in [-0.2, -0.15) is 0 Å². The molecule has 0 aliphatic heterocycles. The van der Waals surface area contributed by atoms with Crippen molar-refractivity contribution in [3.63, 3.8) is 0 Å². The quantitative estimate of drug-likeness (QED) is 0.772. The van der Waals surface area contributed by atoms with Crippen molar-refractivity contribution in [2.45, 2.75) is 32.7 Å². The molecule has 1 rings (SSSR count). The highest BCUT2D eigenvalue weighted by atomic mass is 16.3. The second kappa shape index (κ2) is 5.01. The van der Waals surface area contributed by atoms with E-state index in [-0.39, 0.29) is 6.04 Å². The number of nitrogens with two attached hydrogens (primary N) is 1. The van der Waals surface area contributed by atoms with Crippen molar-refractivity contribution < 1.29 is 5.11 Å². The Morgan fingerprint density at radius 3 is 2.36 bits per heavy atom. The number of rotatable bonds is 4. The van der Waals surface area contributed by atoms with Gasteiger partial charge in [-0.15, -0.1) is 0 Å². The minimum Gasteiger partial charge on any atom is -0.508 e. The summed E-state index contributed by atoms with van der Waals surface area (Å²) in [5, 5.41) is 9.13. The normalized spacial score (nSPS) is 15.1. The second-order valence-corrected chi connectivity index (χ2v) is 3.95. The molecule has 2 heteroatoms. The monoisotopic (exact) mass is 193 g/mol. The predicted molar refractivity (Wildman–Crippen MR) is 59.1 cm³/mol. The summed E-state index contributed by atoms with van der Waals surface area (Å²) in [6.07, 6.45) is 2.16. The van der Waals surface area contributed by atoms with Crippen LogP contribution < -0.4 is 5.73 Å². The highest BCUT2D eigenvalue weighted by molar-refractivity contribution is 5.27. The minimum atomic E-state index is 0.0885. The Morgan fingerprint density at radius 1 is 1.29 bits per heavy atom. The van der Waals surface area contributed by atoms with E-state index in [2.05, 4.69) is 13.8 Å². The molecule has 0 radical (unpaired) electrons. The van der Waals surface area contributed by atoms with E-state index >= 15 is 0 Å². The molecule has 0 aliphatic rings. The lowest BCUT2D eigenvalue weighted by molar-refractivity contribution is 0.458. The molecule has 1 aromatic carbocycles. The molecule has 0 fully saturated rings. The zero-order valence-corrected chi connectivity index (χ0v) is 8.90. The Hall–Kier alpha value is -1.02. The summed E-state index contributed by atoms with van der Waals surface area (Å²) in [6, 6.07) is 7.24. The van der Waals surface area contributed by atoms with Gasteiger partial charge in [0.2, 0.25) is 0 Å². The molecule has 0 spiro atoms. The maximum Gasteiger partial charge on any atom is 0.115 e. The third-order valence-electron chi connectivity index (χ3n) is 2.67. The Balaban J connectivity index is 2.60. The molecule has 0 aromatic heterocycles. The molecule has 2 atom stereocenters. The van der Waals surface area contributed by atoms with Crippen LogP contribution in [0.15, 0.2) is 24.3 Å². The first kappa shape index (κ1) is 11.1. The van der Waals surface area contributed by atoms with E-state index in [1.807, 2.05) is 12.1 Å². The summed E-state index contributed by atoms with van der Waals surface area (Å²) in [7, 11) is 0. The fourth-order valence-electron chi connectivity index (χ4n) is 1.46. The summed E-state index contributed by atoms with van der Waals surface area (Å²) in [5.41, 5.74) is 7.14. The van der Waals surface area contributed by atoms with Gasteiger partial charge in [-0.3, -0.25) is 0 Å². The molecule has 0 saturated heterocycles. The van der Waals surface area contributed by atoms with Gasteiger partial charge in [0.25, 0.3) is 0 Å². The summed E-state index contributed by atoms with van der Waals surface area (Å²) < 4.78 is 0. The molecule has 2 nitrogen and oxygen atoms in total. The van der Waals surface area contributed by atoms with E-state index in [0.29, 0.717) is 11.7 Å². The van der Waals surface area contributed by atoms with Crippen LogP contribution >= 0.6 is 0 Å². The van der Waals surface area contributed by atoms with E-state index in [1.54, 1.807) is 12.1 Å². The fraction of sp³-hybridized carbons (Fsp3) is 0.500. The van der Waals surface area contributed by atoms with E-state index in [1.165, 1.54) is 0 Å². The van der Waals surface area contributed by atoms with Gasteiger partial charge in [0.15, 0.2) is 0 Å². The van der Waals surface area contributed by atoms with Crippen LogP contribution in [0.5, 0.6) is 5.75 Å². The van der Waals surface area contributed by atoms with Crippen LogP contribution in [0, 0.1) is 5.92 Å². The van der Waals surface area contributed by atoms with Crippen LogP contribution in [0.3, 0.4) is 0 Å². The van der Waals surface area contributed by atoms with Crippen molar-refractivity contribution in [3.8, 4) is 5.75 Å². The van der Waals surface area contributed by atoms with Crippen LogP contribution in [0.1, 0.15) is 38.3 Å². The zero-order chi connectivity index (χ0) is 10.6. The standard InChI is InChI=1S/C12H19NO/c1-3-9(2)8-12(13)10-4-6-11(14)7-5-10/h4-7,9,12,14H,3,8,13H2,1-2H3/t9?,12-/m0/s1. The molecule has 1 aromatic rings. The van der Waals surface area contributed by atoms with Gasteiger partial charge in [0, 0.05) is 6.04 Å². The second-order valence-electron chi connectivity index (χ2n) is 3.95. The number of hydrogen-bond acceptors (Lipinski definition) is 2. The van der Waals surface area contributed by atoms with Gasteiger partial charge in [-0.05, 0) is 30.0 Å². The van der Waals surface area contributed by atoms with E-state index < -0.39 is 0 Å². The molecule has 0 heterocycles. The summed E-state index contributed by atoms with van der Waals surface area (Å²) in [5.74, 6) is 0.947. The number of phenolic OH excluding ortho intramolecular Hbond substituents is 1. The van der Waals surface area contributed by atoms with E-state index in [0.717, 1.165) is 18.4 Å². The molecule has 1 unspecified atom stereocenters. The first-order valence-electron chi connectivity index (χ1n) is 5.18. The van der Waals surface area contributed by atoms with Gasteiger partial charge >= 0.3 is 0 Å². The van der Waals surface area contributed by atoms with Gasteiger partial charge in [-0.1, -0.05) is 32.4 Å². The Kier molecular flexibility index (Phi) is 3.96. The molecule has 0 bridgehead atoms.